The van der Waals surface area contributed by atoms with Crippen LogP contribution in [0.5, 0.6) is 0 Å². The fraction of sp³-hybridized carbons (Fsp3) is 0.133. The topological polar surface area (TPSA) is 41.1 Å². The molecule has 0 bridgehead atoms. The van der Waals surface area contributed by atoms with E-state index in [0.717, 1.165) is 27.9 Å². The summed E-state index contributed by atoms with van der Waals surface area (Å²) in [6, 6.07) is 8.84. The van der Waals surface area contributed by atoms with Gasteiger partial charge in [0.05, 0.1) is 6.54 Å². The van der Waals surface area contributed by atoms with Crippen molar-refractivity contribution in [3.8, 4) is 0 Å². The number of hydrogen-bond acceptors (Lipinski definition) is 2. The molecule has 3 nitrogen and oxygen atoms in total. The van der Waals surface area contributed by atoms with E-state index in [0.29, 0.717) is 0 Å². The van der Waals surface area contributed by atoms with Gasteiger partial charge in [-0.05, 0) is 36.8 Å². The second kappa shape index (κ2) is 6.67. The maximum Gasteiger partial charge on any atom is 0.243 e. The first-order chi connectivity index (χ1) is 9.95. The first-order valence-corrected chi connectivity index (χ1v) is 7.00. The summed E-state index contributed by atoms with van der Waals surface area (Å²) in [5.41, 5.74) is 2.09. The lowest BCUT2D eigenvalue weighted by molar-refractivity contribution is -0.114. The number of anilines is 2. The van der Waals surface area contributed by atoms with E-state index in [1.807, 2.05) is 25.1 Å². The van der Waals surface area contributed by atoms with Crippen LogP contribution >= 0.6 is 15.9 Å². The van der Waals surface area contributed by atoms with E-state index in [2.05, 4.69) is 26.6 Å². The van der Waals surface area contributed by atoms with Crippen molar-refractivity contribution < 1.29 is 13.6 Å². The number of aryl methyl sites for hydroxylation is 1. The van der Waals surface area contributed by atoms with Crippen molar-refractivity contribution in [2.45, 2.75) is 6.92 Å². The summed E-state index contributed by atoms with van der Waals surface area (Å²) in [6.07, 6.45) is 0. The van der Waals surface area contributed by atoms with E-state index in [9.17, 15) is 13.6 Å². The van der Waals surface area contributed by atoms with E-state index in [-0.39, 0.29) is 18.1 Å². The van der Waals surface area contributed by atoms with Crippen molar-refractivity contribution in [1.82, 2.24) is 0 Å². The molecule has 0 aliphatic heterocycles. The number of benzene rings is 2. The largest absolute Gasteiger partial charge is 0.376 e. The lowest BCUT2D eigenvalue weighted by atomic mass is 10.2. The van der Waals surface area contributed by atoms with Crippen LogP contribution in [0.15, 0.2) is 40.9 Å². The van der Waals surface area contributed by atoms with Crippen LogP contribution in [-0.4, -0.2) is 12.5 Å². The average molecular weight is 355 g/mol. The van der Waals surface area contributed by atoms with E-state index in [1.54, 1.807) is 0 Å². The standard InChI is InChI=1S/C15H13BrF2N2O/c1-9-2-3-10(6-12(9)16)19-8-15(21)20-11-4-5-13(17)14(18)7-11/h2-7,19H,8H2,1H3,(H,20,21). The van der Waals surface area contributed by atoms with Gasteiger partial charge in [-0.3, -0.25) is 4.79 Å². The zero-order chi connectivity index (χ0) is 15.4. The number of rotatable bonds is 4. The molecule has 21 heavy (non-hydrogen) atoms. The molecule has 0 saturated heterocycles. The van der Waals surface area contributed by atoms with Gasteiger partial charge in [-0.2, -0.15) is 0 Å². The number of hydrogen-bond donors (Lipinski definition) is 2. The Bertz CT molecular complexity index is 677. The molecular formula is C15H13BrF2N2O. The van der Waals surface area contributed by atoms with E-state index in [4.69, 9.17) is 0 Å². The molecule has 0 atom stereocenters. The number of halogens is 3. The Morgan fingerprint density at radius 3 is 2.48 bits per heavy atom. The van der Waals surface area contributed by atoms with Gasteiger partial charge in [0.15, 0.2) is 11.6 Å². The van der Waals surface area contributed by atoms with Crippen LogP contribution < -0.4 is 10.6 Å². The fourth-order valence-corrected chi connectivity index (χ4v) is 2.04. The Morgan fingerprint density at radius 2 is 1.81 bits per heavy atom. The molecule has 2 rings (SSSR count). The molecule has 1 amide bonds. The summed E-state index contributed by atoms with van der Waals surface area (Å²) in [6.45, 7) is 1.98. The van der Waals surface area contributed by atoms with Crippen molar-refractivity contribution in [2.75, 3.05) is 17.2 Å². The SMILES string of the molecule is Cc1ccc(NCC(=O)Nc2ccc(F)c(F)c2)cc1Br. The molecule has 0 heterocycles. The van der Waals surface area contributed by atoms with Crippen LogP contribution in [0.3, 0.4) is 0 Å². The van der Waals surface area contributed by atoms with Gasteiger partial charge < -0.3 is 10.6 Å². The van der Waals surface area contributed by atoms with Crippen molar-refractivity contribution >= 4 is 33.2 Å². The highest BCUT2D eigenvalue weighted by Gasteiger charge is 2.06. The van der Waals surface area contributed by atoms with Crippen molar-refractivity contribution in [3.05, 3.63) is 58.1 Å². The first-order valence-electron chi connectivity index (χ1n) is 6.20. The number of carbonyl (C=O) groups excluding carboxylic acids is 1. The molecule has 0 aliphatic rings. The van der Waals surface area contributed by atoms with Gasteiger partial charge in [0.25, 0.3) is 0 Å². The molecule has 0 spiro atoms. The van der Waals surface area contributed by atoms with Gasteiger partial charge in [-0.1, -0.05) is 22.0 Å². The van der Waals surface area contributed by atoms with Crippen LogP contribution in [0.2, 0.25) is 0 Å². The molecule has 0 saturated carbocycles. The molecule has 2 aromatic carbocycles. The molecule has 110 valence electrons. The third kappa shape index (κ3) is 4.26. The van der Waals surface area contributed by atoms with Crippen LogP contribution in [0.4, 0.5) is 20.2 Å². The first kappa shape index (κ1) is 15.4. The normalized spacial score (nSPS) is 10.3. The molecular weight excluding hydrogens is 342 g/mol. The average Bonchev–Trinajstić information content (AvgIpc) is 2.44. The van der Waals surface area contributed by atoms with Crippen LogP contribution in [-0.2, 0) is 4.79 Å². The minimum absolute atomic E-state index is 0.0223. The minimum Gasteiger partial charge on any atom is -0.376 e. The number of carbonyl (C=O) groups is 1. The molecule has 0 radical (unpaired) electrons. The summed E-state index contributed by atoms with van der Waals surface area (Å²) < 4.78 is 26.7. The molecule has 6 heteroatoms. The fourth-order valence-electron chi connectivity index (χ4n) is 1.66. The van der Waals surface area contributed by atoms with Crippen molar-refractivity contribution in [1.29, 1.82) is 0 Å². The summed E-state index contributed by atoms with van der Waals surface area (Å²) in [5, 5.41) is 5.44. The number of amides is 1. The van der Waals surface area contributed by atoms with Crippen molar-refractivity contribution in [2.24, 2.45) is 0 Å². The smallest absolute Gasteiger partial charge is 0.243 e. The van der Waals surface area contributed by atoms with Crippen LogP contribution in [0, 0.1) is 18.6 Å². The maximum atomic E-state index is 13.0. The summed E-state index contributed by atoms with van der Waals surface area (Å²) in [5.74, 6) is -2.29. The van der Waals surface area contributed by atoms with Gasteiger partial charge in [0.1, 0.15) is 0 Å². The highest BCUT2D eigenvalue weighted by molar-refractivity contribution is 9.10. The molecule has 2 aromatic rings. The Morgan fingerprint density at radius 1 is 1.10 bits per heavy atom. The minimum atomic E-state index is -0.997. The highest BCUT2D eigenvalue weighted by Crippen LogP contribution is 2.20. The molecule has 0 fully saturated rings. The van der Waals surface area contributed by atoms with E-state index >= 15 is 0 Å². The lowest BCUT2D eigenvalue weighted by Crippen LogP contribution is -2.21. The summed E-state index contributed by atoms with van der Waals surface area (Å²) >= 11 is 3.40. The number of nitrogens with one attached hydrogen (secondary N) is 2. The van der Waals surface area contributed by atoms with Gasteiger partial charge in [0.2, 0.25) is 5.91 Å². The van der Waals surface area contributed by atoms with Gasteiger partial charge in [0, 0.05) is 21.9 Å². The summed E-state index contributed by atoms with van der Waals surface area (Å²) in [4.78, 5) is 11.7. The predicted octanol–water partition coefficient (Wildman–Crippen LogP) is 4.09. The van der Waals surface area contributed by atoms with Gasteiger partial charge in [-0.15, -0.1) is 0 Å². The van der Waals surface area contributed by atoms with E-state index in [1.165, 1.54) is 6.07 Å². The Hall–Kier alpha value is -1.95. The molecule has 0 aliphatic carbocycles. The monoisotopic (exact) mass is 354 g/mol. The zero-order valence-electron chi connectivity index (χ0n) is 11.2. The van der Waals surface area contributed by atoms with Crippen molar-refractivity contribution in [3.63, 3.8) is 0 Å². The van der Waals surface area contributed by atoms with Crippen LogP contribution in [0.1, 0.15) is 5.56 Å². The second-order valence-corrected chi connectivity index (χ2v) is 5.35. The van der Waals surface area contributed by atoms with Crippen LogP contribution in [0.25, 0.3) is 0 Å². The summed E-state index contributed by atoms with van der Waals surface area (Å²) in [7, 11) is 0. The van der Waals surface area contributed by atoms with E-state index < -0.39 is 11.6 Å². The van der Waals surface area contributed by atoms with Gasteiger partial charge >= 0.3 is 0 Å². The molecule has 0 aromatic heterocycles. The Kier molecular flexibility index (Phi) is 4.90. The Labute approximate surface area is 129 Å². The second-order valence-electron chi connectivity index (χ2n) is 4.49. The maximum absolute atomic E-state index is 13.0. The Balaban J connectivity index is 1.92. The highest BCUT2D eigenvalue weighted by atomic mass is 79.9. The third-order valence-corrected chi connectivity index (χ3v) is 3.68. The third-order valence-electron chi connectivity index (χ3n) is 2.83. The quantitative estimate of drug-likeness (QED) is 0.868. The zero-order valence-corrected chi connectivity index (χ0v) is 12.8. The molecule has 2 N–H and O–H groups in total. The lowest BCUT2D eigenvalue weighted by Gasteiger charge is -2.09. The predicted molar refractivity (Wildman–Crippen MR) is 82.4 cm³/mol. The molecule has 0 unspecified atom stereocenters. The van der Waals surface area contributed by atoms with Gasteiger partial charge in [-0.25, -0.2) is 8.78 Å².